The maximum atomic E-state index is 15.1. The fourth-order valence-electron chi connectivity index (χ4n) is 4.84. The van der Waals surface area contributed by atoms with Crippen molar-refractivity contribution in [3.05, 3.63) is 70.2 Å². The van der Waals surface area contributed by atoms with Gasteiger partial charge < -0.3 is 19.7 Å². The quantitative estimate of drug-likeness (QED) is 0.116. The number of benzene rings is 1. The number of thioether (sulfide) groups is 1. The summed E-state index contributed by atoms with van der Waals surface area (Å²) in [6.45, 7) is 7.70. The second kappa shape index (κ2) is 13.2. The molecule has 0 bridgehead atoms. The van der Waals surface area contributed by atoms with E-state index in [-0.39, 0.29) is 17.5 Å². The van der Waals surface area contributed by atoms with Crippen LogP contribution >= 0.6 is 11.8 Å². The summed E-state index contributed by atoms with van der Waals surface area (Å²) in [5.74, 6) is 0.0208. The van der Waals surface area contributed by atoms with Crippen LogP contribution in [0.15, 0.2) is 51.4 Å². The summed E-state index contributed by atoms with van der Waals surface area (Å²) in [6.07, 6.45) is 5.98. The van der Waals surface area contributed by atoms with Gasteiger partial charge in [0.2, 0.25) is 0 Å². The minimum atomic E-state index is -0.673. The van der Waals surface area contributed by atoms with E-state index in [2.05, 4.69) is 22.4 Å². The molecule has 0 unspecified atom stereocenters. The van der Waals surface area contributed by atoms with Crippen molar-refractivity contribution in [2.75, 3.05) is 37.6 Å². The lowest BCUT2D eigenvalue weighted by Crippen LogP contribution is -2.27. The second-order valence-corrected chi connectivity index (χ2v) is 11.9. The highest BCUT2D eigenvalue weighted by molar-refractivity contribution is 7.98. The van der Waals surface area contributed by atoms with E-state index in [1.54, 1.807) is 52.3 Å². The highest BCUT2D eigenvalue weighted by Gasteiger charge is 2.36. The Balaban J connectivity index is 1.97. The van der Waals surface area contributed by atoms with Crippen LogP contribution in [0.5, 0.6) is 0 Å². The van der Waals surface area contributed by atoms with Crippen molar-refractivity contribution in [3.8, 4) is 0 Å². The number of hydrogen-bond acceptors (Lipinski definition) is 6. The van der Waals surface area contributed by atoms with Gasteiger partial charge in [-0.2, -0.15) is 5.10 Å². The second-order valence-electron chi connectivity index (χ2n) is 11.0. The average molecular weight is 611 g/mol. The van der Waals surface area contributed by atoms with Crippen molar-refractivity contribution in [3.63, 3.8) is 0 Å². The SMILES string of the molecule is CC/C(C)=C(/C(=C(\N=C(/C)N(C)c1c(F)cc(SC)cc1F)Nc1cc(C)[nH]n1)C1CC1)c1ncn(C)c1C(=O)N(C)C. The lowest BCUT2D eigenvalue weighted by atomic mass is 9.91. The zero-order valence-electron chi connectivity index (χ0n) is 26.3. The molecule has 3 aromatic rings. The maximum absolute atomic E-state index is 15.1. The van der Waals surface area contributed by atoms with Gasteiger partial charge in [-0.05, 0) is 64.3 Å². The molecule has 1 aliphatic rings. The van der Waals surface area contributed by atoms with Crippen molar-refractivity contribution in [2.45, 2.75) is 51.9 Å². The average Bonchev–Trinajstić information content (AvgIpc) is 3.61. The number of nitrogens with one attached hydrogen (secondary N) is 2. The number of aromatic nitrogens is 4. The number of halogens is 2. The van der Waals surface area contributed by atoms with Crippen LogP contribution in [-0.4, -0.2) is 63.8 Å². The van der Waals surface area contributed by atoms with Crippen molar-refractivity contribution in [2.24, 2.45) is 18.0 Å². The van der Waals surface area contributed by atoms with Crippen LogP contribution in [0.2, 0.25) is 0 Å². The van der Waals surface area contributed by atoms with E-state index in [4.69, 9.17) is 9.98 Å². The Kier molecular flexibility index (Phi) is 9.79. The number of aromatic amines is 1. The Bertz CT molecular complexity index is 1590. The lowest BCUT2D eigenvalue weighted by Gasteiger charge is -2.23. The third kappa shape index (κ3) is 6.84. The molecule has 0 aliphatic heterocycles. The Labute approximate surface area is 256 Å². The van der Waals surface area contributed by atoms with E-state index in [9.17, 15) is 4.79 Å². The van der Waals surface area contributed by atoms with E-state index < -0.39 is 11.6 Å². The van der Waals surface area contributed by atoms with Crippen LogP contribution in [-0.2, 0) is 7.05 Å². The van der Waals surface area contributed by atoms with Gasteiger partial charge in [-0.25, -0.2) is 18.8 Å². The molecule has 0 spiro atoms. The number of aliphatic imine (C=N–C) groups is 1. The van der Waals surface area contributed by atoms with Gasteiger partial charge in [0.1, 0.15) is 28.7 Å². The molecule has 1 fully saturated rings. The predicted molar refractivity (Wildman–Crippen MR) is 170 cm³/mol. The molecule has 2 heterocycles. The van der Waals surface area contributed by atoms with Gasteiger partial charge in [-0.1, -0.05) is 12.5 Å². The summed E-state index contributed by atoms with van der Waals surface area (Å²) in [7, 11) is 6.83. The number of H-pyrrole nitrogens is 1. The molecule has 0 atom stereocenters. The molecule has 0 saturated heterocycles. The first-order chi connectivity index (χ1) is 20.4. The van der Waals surface area contributed by atoms with E-state index in [0.717, 1.165) is 35.3 Å². The summed E-state index contributed by atoms with van der Waals surface area (Å²) in [6, 6.07) is 4.50. The first kappa shape index (κ1) is 32.0. The zero-order valence-corrected chi connectivity index (χ0v) is 27.1. The minimum Gasteiger partial charge on any atom is -0.343 e. The van der Waals surface area contributed by atoms with Gasteiger partial charge in [-0.3, -0.25) is 9.89 Å². The number of allylic oxidation sites excluding steroid dienone is 3. The van der Waals surface area contributed by atoms with Gasteiger partial charge in [0.25, 0.3) is 5.91 Å². The molecule has 1 amide bonds. The van der Waals surface area contributed by atoms with Gasteiger partial charge in [0, 0.05) is 56.0 Å². The first-order valence-corrected chi connectivity index (χ1v) is 15.4. The third-order valence-corrected chi connectivity index (χ3v) is 8.23. The number of aryl methyl sites for hydroxylation is 2. The fraction of sp³-hybridized carbons (Fsp3) is 0.419. The number of amidine groups is 1. The van der Waals surface area contributed by atoms with Crippen LogP contribution < -0.4 is 10.2 Å². The van der Waals surface area contributed by atoms with Crippen molar-refractivity contribution < 1.29 is 13.6 Å². The predicted octanol–water partition coefficient (Wildman–Crippen LogP) is 6.63. The summed E-state index contributed by atoms with van der Waals surface area (Å²) in [5, 5.41) is 10.7. The third-order valence-electron chi connectivity index (χ3n) is 7.52. The molecule has 4 rings (SSSR count). The van der Waals surface area contributed by atoms with E-state index in [1.165, 1.54) is 33.7 Å². The Morgan fingerprint density at radius 2 is 1.84 bits per heavy atom. The van der Waals surface area contributed by atoms with Crippen LogP contribution in [0.3, 0.4) is 0 Å². The molecule has 230 valence electrons. The number of imidazole rings is 1. The molecule has 9 nitrogen and oxygen atoms in total. The summed E-state index contributed by atoms with van der Waals surface area (Å²) in [5.41, 5.74) is 4.48. The summed E-state index contributed by atoms with van der Waals surface area (Å²) in [4.78, 5) is 26.5. The first-order valence-electron chi connectivity index (χ1n) is 14.2. The number of rotatable bonds is 10. The van der Waals surface area contributed by atoms with E-state index in [1.807, 2.05) is 19.9 Å². The highest BCUT2D eigenvalue weighted by atomic mass is 32.2. The fourth-order valence-corrected chi connectivity index (χ4v) is 5.28. The summed E-state index contributed by atoms with van der Waals surface area (Å²) < 4.78 is 32.0. The Hall–Kier alpha value is -3.93. The number of nitrogens with zero attached hydrogens (tertiary/aromatic N) is 6. The van der Waals surface area contributed by atoms with Crippen molar-refractivity contribution >= 4 is 40.6 Å². The molecule has 1 aliphatic carbocycles. The molecule has 1 aromatic carbocycles. The zero-order chi connectivity index (χ0) is 31.6. The van der Waals surface area contributed by atoms with Crippen LogP contribution in [0.1, 0.15) is 61.9 Å². The largest absolute Gasteiger partial charge is 0.343 e. The van der Waals surface area contributed by atoms with E-state index in [0.29, 0.717) is 40.2 Å². The van der Waals surface area contributed by atoms with Crippen LogP contribution in [0.25, 0.3) is 5.57 Å². The lowest BCUT2D eigenvalue weighted by molar-refractivity contribution is 0.0818. The molecule has 43 heavy (non-hydrogen) atoms. The molecule has 12 heteroatoms. The van der Waals surface area contributed by atoms with Gasteiger partial charge in [-0.15, -0.1) is 11.8 Å². The van der Waals surface area contributed by atoms with Crippen LogP contribution in [0, 0.1) is 24.5 Å². The van der Waals surface area contributed by atoms with Gasteiger partial charge >= 0.3 is 0 Å². The summed E-state index contributed by atoms with van der Waals surface area (Å²) >= 11 is 1.27. The van der Waals surface area contributed by atoms with Gasteiger partial charge in [0.15, 0.2) is 17.5 Å². The standard InChI is InChI=1S/C31H40F2N8OS/c1-10-17(2)25(27-29(31(42)39(5)6)40(7)16-34-27)26(20-11-12-20)30(36-24-13-18(3)37-38-24)35-19(4)41(8)28-22(32)14-21(43-9)15-23(28)33/h13-16,20H,10-12H2,1-9H3,(H2,36,37,38)/b25-17-,30-26+,35-19+. The van der Waals surface area contributed by atoms with Gasteiger partial charge in [0.05, 0.1) is 6.33 Å². The maximum Gasteiger partial charge on any atom is 0.272 e. The Morgan fingerprint density at radius 1 is 1.19 bits per heavy atom. The topological polar surface area (TPSA) is 94.4 Å². The van der Waals surface area contributed by atoms with Crippen molar-refractivity contribution in [1.29, 1.82) is 0 Å². The Morgan fingerprint density at radius 3 is 2.35 bits per heavy atom. The smallest absolute Gasteiger partial charge is 0.272 e. The molecular formula is C31H40F2N8OS. The normalized spacial score (nSPS) is 14.8. The number of amides is 1. The molecule has 0 radical (unpaired) electrons. The highest BCUT2D eigenvalue weighted by Crippen LogP contribution is 2.47. The molecule has 2 N–H and O–H groups in total. The van der Waals surface area contributed by atoms with E-state index >= 15 is 8.78 Å². The molecule has 2 aromatic heterocycles. The molecule has 1 saturated carbocycles. The number of anilines is 2. The number of carbonyl (C=O) groups is 1. The monoisotopic (exact) mass is 610 g/mol. The minimum absolute atomic E-state index is 0.138. The molecular weight excluding hydrogens is 570 g/mol. The number of hydrogen-bond donors (Lipinski definition) is 2. The van der Waals surface area contributed by atoms with Crippen LogP contribution in [0.4, 0.5) is 20.3 Å². The van der Waals surface area contributed by atoms with Crippen molar-refractivity contribution in [1.82, 2.24) is 24.6 Å². The number of carbonyl (C=O) groups excluding carboxylic acids is 1.